The first-order valence-corrected chi connectivity index (χ1v) is 12.1. The zero-order valence-corrected chi connectivity index (χ0v) is 20.3. The number of ether oxygens (including phenoxy) is 2. The number of esters is 2. The summed E-state index contributed by atoms with van der Waals surface area (Å²) in [6.07, 6.45) is 0. The van der Waals surface area contributed by atoms with E-state index in [0.29, 0.717) is 0 Å². The van der Waals surface area contributed by atoms with E-state index >= 15 is 0 Å². The van der Waals surface area contributed by atoms with Crippen LogP contribution in [-0.4, -0.2) is 25.2 Å². The summed E-state index contributed by atoms with van der Waals surface area (Å²) in [5.74, 6) is -1.10. The predicted octanol–water partition coefficient (Wildman–Crippen LogP) is 7.68. The fourth-order valence-electron chi connectivity index (χ4n) is 4.72. The van der Waals surface area contributed by atoms with Crippen molar-refractivity contribution < 1.29 is 19.1 Å². The van der Waals surface area contributed by atoms with Crippen LogP contribution in [-0.2, 0) is 9.47 Å². The Hall–Kier alpha value is -4.44. The molecule has 0 fully saturated rings. The van der Waals surface area contributed by atoms with Gasteiger partial charge in [-0.1, -0.05) is 84.9 Å². The van der Waals surface area contributed by atoms with E-state index in [1.165, 1.54) is 0 Å². The van der Waals surface area contributed by atoms with E-state index in [2.05, 4.69) is 36.4 Å². The van der Waals surface area contributed by atoms with E-state index < -0.39 is 11.9 Å². The fraction of sp³-hybridized carbons (Fsp3) is 0.125. The smallest absolute Gasteiger partial charge is 0.339 e. The summed E-state index contributed by atoms with van der Waals surface area (Å²) in [6, 6.07) is 32.1. The van der Waals surface area contributed by atoms with Crippen LogP contribution in [0.2, 0.25) is 0 Å². The van der Waals surface area contributed by atoms with Gasteiger partial charge in [-0.3, -0.25) is 0 Å². The second-order valence-corrected chi connectivity index (χ2v) is 8.44. The summed E-state index contributed by atoms with van der Waals surface area (Å²) in [5, 5.41) is 4.29. The van der Waals surface area contributed by atoms with Crippen LogP contribution in [0.1, 0.15) is 34.6 Å². The number of carbonyl (C=O) groups is 2. The summed E-state index contributed by atoms with van der Waals surface area (Å²) < 4.78 is 10.7. The van der Waals surface area contributed by atoms with Crippen molar-refractivity contribution in [3.05, 3.63) is 108 Å². The molecule has 0 radical (unpaired) electrons. The molecular formula is C32H26O4. The minimum absolute atomic E-state index is 0.197. The van der Waals surface area contributed by atoms with Crippen LogP contribution >= 0.6 is 0 Å². The lowest BCUT2D eigenvalue weighted by Crippen LogP contribution is -2.15. The van der Waals surface area contributed by atoms with Gasteiger partial charge in [0.25, 0.3) is 0 Å². The van der Waals surface area contributed by atoms with Crippen molar-refractivity contribution in [2.75, 3.05) is 13.2 Å². The molecule has 0 amide bonds. The zero-order valence-electron chi connectivity index (χ0n) is 20.3. The van der Waals surface area contributed by atoms with Gasteiger partial charge in [-0.2, -0.15) is 0 Å². The highest BCUT2D eigenvalue weighted by Gasteiger charge is 2.24. The summed E-state index contributed by atoms with van der Waals surface area (Å²) >= 11 is 0. The molecule has 178 valence electrons. The number of rotatable bonds is 6. The van der Waals surface area contributed by atoms with Crippen molar-refractivity contribution >= 4 is 33.5 Å². The molecule has 36 heavy (non-hydrogen) atoms. The molecule has 0 aliphatic rings. The fourth-order valence-corrected chi connectivity index (χ4v) is 4.72. The van der Waals surface area contributed by atoms with Crippen LogP contribution in [0.5, 0.6) is 0 Å². The lowest BCUT2D eigenvalue weighted by molar-refractivity contribution is 0.0479. The molecule has 0 aliphatic heterocycles. The maximum atomic E-state index is 13.1. The number of carbonyl (C=O) groups excluding carboxylic acids is 2. The Morgan fingerprint density at radius 2 is 0.917 bits per heavy atom. The summed E-state index contributed by atoms with van der Waals surface area (Å²) in [5.41, 5.74) is 4.02. The molecule has 5 rings (SSSR count). The maximum Gasteiger partial charge on any atom is 0.339 e. The van der Waals surface area contributed by atoms with Crippen molar-refractivity contribution in [2.45, 2.75) is 13.8 Å². The van der Waals surface area contributed by atoms with Crippen LogP contribution in [0, 0.1) is 0 Å². The second kappa shape index (κ2) is 10.0. The molecule has 4 nitrogen and oxygen atoms in total. The first-order chi connectivity index (χ1) is 17.6. The topological polar surface area (TPSA) is 52.6 Å². The number of hydrogen-bond donors (Lipinski definition) is 0. The Labute approximate surface area is 210 Å². The predicted molar refractivity (Wildman–Crippen MR) is 144 cm³/mol. The van der Waals surface area contributed by atoms with E-state index in [1.807, 2.05) is 48.5 Å². The van der Waals surface area contributed by atoms with Gasteiger partial charge in [0, 0.05) is 0 Å². The van der Waals surface area contributed by atoms with E-state index in [9.17, 15) is 9.59 Å². The van der Waals surface area contributed by atoms with Crippen molar-refractivity contribution in [1.82, 2.24) is 0 Å². The standard InChI is InChI=1S/C32H26O4/c1-3-35-31(33)29-19-27(25-17-9-13-21-11-5-7-15-23(21)25)28(20-30(29)32(34)36-4-2)26-18-10-14-22-12-6-8-16-24(22)26/h5-20H,3-4H2,1-2H3. The quantitative estimate of drug-likeness (QED) is 0.237. The molecule has 5 aromatic rings. The maximum absolute atomic E-state index is 13.1. The van der Waals surface area contributed by atoms with Crippen molar-refractivity contribution in [3.8, 4) is 22.3 Å². The highest BCUT2D eigenvalue weighted by atomic mass is 16.5. The SMILES string of the molecule is CCOC(=O)c1cc(-c2cccc3ccccc23)c(-c2cccc3ccccc23)cc1C(=O)OCC. The van der Waals surface area contributed by atoms with Crippen LogP contribution in [0.15, 0.2) is 97.1 Å². The molecule has 0 aromatic heterocycles. The van der Waals surface area contributed by atoms with Gasteiger partial charge in [-0.25, -0.2) is 9.59 Å². The molecule has 0 aliphatic carbocycles. The van der Waals surface area contributed by atoms with Gasteiger partial charge in [-0.05, 0) is 69.8 Å². The molecule has 0 spiro atoms. The van der Waals surface area contributed by atoms with Crippen LogP contribution < -0.4 is 0 Å². The summed E-state index contributed by atoms with van der Waals surface area (Å²) in [4.78, 5) is 26.1. The van der Waals surface area contributed by atoms with Gasteiger partial charge < -0.3 is 9.47 Å². The van der Waals surface area contributed by atoms with Crippen LogP contribution in [0.3, 0.4) is 0 Å². The molecule has 0 N–H and O–H groups in total. The Balaban J connectivity index is 1.89. The van der Waals surface area contributed by atoms with Crippen LogP contribution in [0.25, 0.3) is 43.8 Å². The first kappa shape index (κ1) is 23.3. The lowest BCUT2D eigenvalue weighted by Gasteiger charge is -2.18. The molecule has 4 heteroatoms. The summed E-state index contributed by atoms with van der Waals surface area (Å²) in [7, 11) is 0. The van der Waals surface area contributed by atoms with Crippen molar-refractivity contribution in [3.63, 3.8) is 0 Å². The van der Waals surface area contributed by atoms with E-state index in [4.69, 9.17) is 9.47 Å². The van der Waals surface area contributed by atoms with Gasteiger partial charge in [0.2, 0.25) is 0 Å². The Morgan fingerprint density at radius 1 is 0.528 bits per heavy atom. The van der Waals surface area contributed by atoms with Gasteiger partial charge in [0.05, 0.1) is 24.3 Å². The number of benzene rings is 5. The largest absolute Gasteiger partial charge is 0.462 e. The Bertz CT molecular complexity index is 1470. The average Bonchev–Trinajstić information content (AvgIpc) is 2.92. The van der Waals surface area contributed by atoms with E-state index in [1.54, 1.807) is 26.0 Å². The molecule has 0 unspecified atom stereocenters. The monoisotopic (exact) mass is 474 g/mol. The lowest BCUT2D eigenvalue weighted by atomic mass is 9.86. The minimum atomic E-state index is -0.550. The van der Waals surface area contributed by atoms with Crippen molar-refractivity contribution in [1.29, 1.82) is 0 Å². The normalized spacial score (nSPS) is 10.9. The first-order valence-electron chi connectivity index (χ1n) is 12.1. The minimum Gasteiger partial charge on any atom is -0.462 e. The third kappa shape index (κ3) is 4.22. The molecule has 5 aromatic carbocycles. The number of hydrogen-bond acceptors (Lipinski definition) is 4. The highest BCUT2D eigenvalue weighted by Crippen LogP contribution is 2.41. The zero-order chi connectivity index (χ0) is 25.1. The van der Waals surface area contributed by atoms with Gasteiger partial charge in [-0.15, -0.1) is 0 Å². The third-order valence-electron chi connectivity index (χ3n) is 6.31. The molecule has 0 saturated carbocycles. The highest BCUT2D eigenvalue weighted by molar-refractivity contribution is 6.11. The van der Waals surface area contributed by atoms with Gasteiger partial charge in [0.1, 0.15) is 0 Å². The average molecular weight is 475 g/mol. The van der Waals surface area contributed by atoms with Crippen LogP contribution in [0.4, 0.5) is 0 Å². The molecule has 0 bridgehead atoms. The summed E-state index contributed by atoms with van der Waals surface area (Å²) in [6.45, 7) is 3.90. The second-order valence-electron chi connectivity index (χ2n) is 8.44. The van der Waals surface area contributed by atoms with Gasteiger partial charge >= 0.3 is 11.9 Å². The van der Waals surface area contributed by atoms with Gasteiger partial charge in [0.15, 0.2) is 0 Å². The molecule has 0 heterocycles. The van der Waals surface area contributed by atoms with Crippen molar-refractivity contribution in [2.24, 2.45) is 0 Å². The number of fused-ring (bicyclic) bond motifs is 2. The Kier molecular flexibility index (Phi) is 6.50. The molecule has 0 atom stereocenters. The molecule has 0 saturated heterocycles. The van der Waals surface area contributed by atoms with E-state index in [-0.39, 0.29) is 24.3 Å². The third-order valence-corrected chi connectivity index (χ3v) is 6.31. The Morgan fingerprint density at radius 3 is 1.33 bits per heavy atom. The molecular weight excluding hydrogens is 448 g/mol. The van der Waals surface area contributed by atoms with E-state index in [0.717, 1.165) is 43.8 Å².